The molecular weight excluding hydrogens is 366 g/mol. The van der Waals surface area contributed by atoms with Crippen molar-refractivity contribution in [1.82, 2.24) is 14.8 Å². The molecule has 1 aliphatic carbocycles. The second-order valence-electron chi connectivity index (χ2n) is 8.45. The molecule has 29 heavy (non-hydrogen) atoms. The van der Waals surface area contributed by atoms with Crippen molar-refractivity contribution < 1.29 is 14.7 Å². The van der Waals surface area contributed by atoms with Gasteiger partial charge in [-0.1, -0.05) is 42.8 Å². The lowest BCUT2D eigenvalue weighted by atomic mass is 9.59. The van der Waals surface area contributed by atoms with Crippen LogP contribution < -0.4 is 0 Å². The lowest BCUT2D eigenvalue weighted by Gasteiger charge is -2.71. The van der Waals surface area contributed by atoms with Gasteiger partial charge >= 0.3 is 0 Å². The Balaban J connectivity index is 1.44. The number of aromatic nitrogens is 1. The van der Waals surface area contributed by atoms with Gasteiger partial charge in [-0.15, -0.1) is 0 Å². The highest BCUT2D eigenvalue weighted by Gasteiger charge is 2.68. The third-order valence-electron chi connectivity index (χ3n) is 6.91. The van der Waals surface area contributed by atoms with Gasteiger partial charge in [-0.05, 0) is 30.5 Å². The van der Waals surface area contributed by atoms with Crippen LogP contribution in [0.4, 0.5) is 0 Å². The first kappa shape index (κ1) is 18.3. The SMILES string of the molecule is O=C(c1ccccn1)N1CC2(C1)[C@@H](c1ccccc1)[C@H](CO)N2C(=O)C1CCC1. The van der Waals surface area contributed by atoms with E-state index in [-0.39, 0.29) is 36.3 Å². The van der Waals surface area contributed by atoms with Crippen LogP contribution in [0.2, 0.25) is 0 Å². The third-order valence-corrected chi connectivity index (χ3v) is 6.91. The number of hydrogen-bond acceptors (Lipinski definition) is 4. The van der Waals surface area contributed by atoms with Gasteiger partial charge in [0.25, 0.3) is 5.91 Å². The van der Waals surface area contributed by atoms with E-state index in [1.165, 1.54) is 0 Å². The van der Waals surface area contributed by atoms with E-state index in [9.17, 15) is 14.7 Å². The van der Waals surface area contributed by atoms with Gasteiger partial charge in [0.05, 0.1) is 18.2 Å². The normalized spacial score (nSPS) is 25.1. The quantitative estimate of drug-likeness (QED) is 0.866. The first-order valence-electron chi connectivity index (χ1n) is 10.3. The summed E-state index contributed by atoms with van der Waals surface area (Å²) in [6, 6.07) is 15.2. The second-order valence-corrected chi connectivity index (χ2v) is 8.45. The van der Waals surface area contributed by atoms with Crippen LogP contribution in [0.15, 0.2) is 54.7 Å². The van der Waals surface area contributed by atoms with Gasteiger partial charge in [0.15, 0.2) is 0 Å². The minimum Gasteiger partial charge on any atom is -0.394 e. The van der Waals surface area contributed by atoms with E-state index in [1.807, 2.05) is 23.1 Å². The summed E-state index contributed by atoms with van der Waals surface area (Å²) in [5.74, 6) is 0.141. The minimum atomic E-state index is -0.425. The first-order valence-corrected chi connectivity index (χ1v) is 10.3. The summed E-state index contributed by atoms with van der Waals surface area (Å²) < 4.78 is 0. The van der Waals surface area contributed by atoms with Gasteiger partial charge in [0.2, 0.25) is 5.91 Å². The Morgan fingerprint density at radius 3 is 2.38 bits per heavy atom. The highest BCUT2D eigenvalue weighted by molar-refractivity contribution is 5.93. The molecule has 5 rings (SSSR count). The molecule has 2 amide bonds. The first-order chi connectivity index (χ1) is 14.2. The maximum absolute atomic E-state index is 13.2. The van der Waals surface area contributed by atoms with Gasteiger partial charge in [-0.25, -0.2) is 0 Å². The summed E-state index contributed by atoms with van der Waals surface area (Å²) in [5.41, 5.74) is 1.12. The lowest BCUT2D eigenvalue weighted by Crippen LogP contribution is -2.86. The van der Waals surface area contributed by atoms with Crippen LogP contribution in [0.25, 0.3) is 0 Å². The van der Waals surface area contributed by atoms with E-state index in [1.54, 1.807) is 29.3 Å². The summed E-state index contributed by atoms with van der Waals surface area (Å²) in [5, 5.41) is 10.1. The maximum atomic E-state index is 13.2. The molecule has 3 heterocycles. The Labute approximate surface area is 170 Å². The Morgan fingerprint density at radius 2 is 1.79 bits per heavy atom. The van der Waals surface area contributed by atoms with Gasteiger partial charge < -0.3 is 14.9 Å². The molecule has 1 N–H and O–H groups in total. The number of rotatable bonds is 4. The lowest BCUT2D eigenvalue weighted by molar-refractivity contribution is -0.199. The molecule has 2 aliphatic heterocycles. The standard InChI is InChI=1S/C23H25N3O3/c27-13-19-20(16-7-2-1-3-8-16)23(26(19)21(28)17-9-6-10-17)14-25(15-23)22(29)18-11-4-5-12-24-18/h1-5,7-8,11-12,17,19-20,27H,6,9-10,13-15H2/t19-,20-/m0/s1. The van der Waals surface area contributed by atoms with Crippen LogP contribution in [0.1, 0.15) is 41.2 Å². The number of carbonyl (C=O) groups is 2. The van der Waals surface area contributed by atoms with Crippen LogP contribution >= 0.6 is 0 Å². The van der Waals surface area contributed by atoms with Crippen molar-refractivity contribution in [2.75, 3.05) is 19.7 Å². The van der Waals surface area contributed by atoms with Gasteiger partial charge in [0.1, 0.15) is 5.69 Å². The monoisotopic (exact) mass is 391 g/mol. The molecule has 3 fully saturated rings. The van der Waals surface area contributed by atoms with Crippen molar-refractivity contribution >= 4 is 11.8 Å². The predicted molar refractivity (Wildman–Crippen MR) is 107 cm³/mol. The third kappa shape index (κ3) is 2.69. The van der Waals surface area contributed by atoms with E-state index < -0.39 is 5.54 Å². The van der Waals surface area contributed by atoms with E-state index >= 15 is 0 Å². The van der Waals surface area contributed by atoms with Crippen molar-refractivity contribution in [3.05, 3.63) is 66.0 Å². The second kappa shape index (κ2) is 6.95. The molecule has 1 aromatic carbocycles. The molecule has 0 unspecified atom stereocenters. The number of aliphatic hydroxyl groups excluding tert-OH is 1. The Bertz CT molecular complexity index is 907. The number of carbonyl (C=O) groups excluding carboxylic acids is 2. The van der Waals surface area contributed by atoms with E-state index in [0.29, 0.717) is 18.8 Å². The Morgan fingerprint density at radius 1 is 1.07 bits per heavy atom. The van der Waals surface area contributed by atoms with Crippen LogP contribution in [-0.4, -0.2) is 63.0 Å². The fourth-order valence-electron chi connectivity index (χ4n) is 5.28. The molecule has 3 aliphatic rings. The molecule has 1 saturated carbocycles. The molecule has 0 radical (unpaired) electrons. The topological polar surface area (TPSA) is 73.7 Å². The number of pyridine rings is 1. The van der Waals surface area contributed by atoms with Crippen molar-refractivity contribution in [3.8, 4) is 0 Å². The Hall–Kier alpha value is -2.73. The molecule has 1 spiro atoms. The number of likely N-dealkylation sites (tertiary alicyclic amines) is 2. The summed E-state index contributed by atoms with van der Waals surface area (Å²) >= 11 is 0. The zero-order chi connectivity index (χ0) is 20.0. The van der Waals surface area contributed by atoms with E-state index in [4.69, 9.17) is 0 Å². The zero-order valence-corrected chi connectivity index (χ0v) is 16.3. The fourth-order valence-corrected chi connectivity index (χ4v) is 5.28. The average molecular weight is 391 g/mol. The van der Waals surface area contributed by atoms with Crippen molar-refractivity contribution in [2.45, 2.75) is 36.8 Å². The highest BCUT2D eigenvalue weighted by atomic mass is 16.3. The van der Waals surface area contributed by atoms with Crippen LogP contribution in [-0.2, 0) is 4.79 Å². The molecule has 150 valence electrons. The number of aliphatic hydroxyl groups is 1. The van der Waals surface area contributed by atoms with Gasteiger partial charge in [0, 0.05) is 31.1 Å². The van der Waals surface area contributed by atoms with Crippen LogP contribution in [0.3, 0.4) is 0 Å². The number of amides is 2. The van der Waals surface area contributed by atoms with Crippen LogP contribution in [0.5, 0.6) is 0 Å². The molecule has 2 atom stereocenters. The largest absolute Gasteiger partial charge is 0.394 e. The summed E-state index contributed by atoms with van der Waals surface area (Å²) in [4.78, 5) is 33.9. The van der Waals surface area contributed by atoms with Gasteiger partial charge in [-0.2, -0.15) is 0 Å². The molecule has 2 saturated heterocycles. The highest BCUT2D eigenvalue weighted by Crippen LogP contribution is 2.55. The summed E-state index contributed by atoms with van der Waals surface area (Å²) in [6.45, 7) is 0.905. The average Bonchev–Trinajstić information content (AvgIpc) is 2.66. The number of nitrogens with zero attached hydrogens (tertiary/aromatic N) is 3. The predicted octanol–water partition coefficient (Wildman–Crippen LogP) is 2.06. The Kier molecular flexibility index (Phi) is 4.39. The minimum absolute atomic E-state index is 0.0329. The molecule has 0 bridgehead atoms. The van der Waals surface area contributed by atoms with Crippen molar-refractivity contribution in [3.63, 3.8) is 0 Å². The van der Waals surface area contributed by atoms with Crippen molar-refractivity contribution in [2.24, 2.45) is 5.92 Å². The van der Waals surface area contributed by atoms with Crippen LogP contribution in [0, 0.1) is 5.92 Å². The smallest absolute Gasteiger partial charge is 0.272 e. The number of hydrogen-bond donors (Lipinski definition) is 1. The number of benzene rings is 1. The van der Waals surface area contributed by atoms with Crippen molar-refractivity contribution in [1.29, 1.82) is 0 Å². The maximum Gasteiger partial charge on any atom is 0.272 e. The van der Waals surface area contributed by atoms with E-state index in [2.05, 4.69) is 17.1 Å². The van der Waals surface area contributed by atoms with E-state index in [0.717, 1.165) is 24.8 Å². The molecule has 1 aromatic heterocycles. The summed E-state index contributed by atoms with van der Waals surface area (Å²) in [7, 11) is 0. The molecule has 2 aromatic rings. The molecule has 6 nitrogen and oxygen atoms in total. The molecule has 6 heteroatoms. The van der Waals surface area contributed by atoms with Gasteiger partial charge in [-0.3, -0.25) is 14.6 Å². The summed E-state index contributed by atoms with van der Waals surface area (Å²) in [6.07, 6.45) is 4.56. The fraction of sp³-hybridized carbons (Fsp3) is 0.435. The zero-order valence-electron chi connectivity index (χ0n) is 16.3. The molecular formula is C23H25N3O3.